The highest BCUT2D eigenvalue weighted by molar-refractivity contribution is 7.92. The van der Waals surface area contributed by atoms with Crippen molar-refractivity contribution in [2.45, 2.75) is 20.0 Å². The lowest BCUT2D eigenvalue weighted by Gasteiger charge is -2.12. The lowest BCUT2D eigenvalue weighted by molar-refractivity contribution is 0.136. The van der Waals surface area contributed by atoms with Crippen LogP contribution < -0.4 is 10.0 Å². The average molecular weight is 316 g/mol. The number of hydrogen-bond acceptors (Lipinski definition) is 5. The Morgan fingerprint density at radius 2 is 1.81 bits per heavy atom. The molecular weight excluding hydrogens is 296 g/mol. The minimum absolute atomic E-state index is 0.133. The molecule has 1 amide bonds. The maximum Gasteiger partial charge on any atom is 0.411 e. The van der Waals surface area contributed by atoms with Gasteiger partial charge in [-0.25, -0.2) is 13.2 Å². The molecule has 1 aromatic rings. The molecule has 0 spiro atoms. The quantitative estimate of drug-likeness (QED) is 0.803. The number of sulfonamides is 1. The lowest BCUT2D eigenvalue weighted by atomic mass is 10.3. The predicted octanol–water partition coefficient (Wildman–Crippen LogP) is 2.03. The lowest BCUT2D eigenvalue weighted by Crippen LogP contribution is -2.25. The molecule has 0 radical (unpaired) electrons. The Hall–Kier alpha value is -1.80. The predicted molar refractivity (Wildman–Crippen MR) is 81.0 cm³/mol. The Bertz CT molecular complexity index is 556. The highest BCUT2D eigenvalue weighted by atomic mass is 32.2. The number of benzene rings is 1. The molecule has 0 heterocycles. The third-order valence-corrected chi connectivity index (χ3v) is 3.99. The standard InChI is InChI=1S/C13H20N2O5S/c1-4-20-13(16)14-11-5-7-12(8-6-11)15-21(17,18)9-10(2)19-3/h5-8,10,15H,4,9H2,1-3H3,(H,14,16)/t10-/m1/s1. The largest absolute Gasteiger partial charge is 0.450 e. The summed E-state index contributed by atoms with van der Waals surface area (Å²) in [6.45, 7) is 3.66. The molecule has 8 heteroatoms. The molecule has 0 fully saturated rings. The number of carbonyl (C=O) groups excluding carboxylic acids is 1. The van der Waals surface area contributed by atoms with Crippen molar-refractivity contribution >= 4 is 27.5 Å². The number of ether oxygens (including phenoxy) is 2. The monoisotopic (exact) mass is 316 g/mol. The third kappa shape index (κ3) is 6.46. The summed E-state index contributed by atoms with van der Waals surface area (Å²) < 4.78 is 35.8. The van der Waals surface area contributed by atoms with Crippen molar-refractivity contribution in [1.82, 2.24) is 0 Å². The number of nitrogens with one attached hydrogen (secondary N) is 2. The van der Waals surface area contributed by atoms with Crippen LogP contribution in [0.4, 0.5) is 16.2 Å². The molecule has 1 atom stereocenters. The maximum absolute atomic E-state index is 11.8. The Morgan fingerprint density at radius 1 is 1.24 bits per heavy atom. The number of carbonyl (C=O) groups is 1. The van der Waals surface area contributed by atoms with E-state index in [1.165, 1.54) is 7.11 Å². The van der Waals surface area contributed by atoms with Gasteiger partial charge in [-0.2, -0.15) is 0 Å². The number of hydrogen-bond donors (Lipinski definition) is 2. The van der Waals surface area contributed by atoms with Gasteiger partial charge < -0.3 is 9.47 Å². The van der Waals surface area contributed by atoms with Crippen molar-refractivity contribution < 1.29 is 22.7 Å². The number of anilines is 2. The van der Waals surface area contributed by atoms with Crippen LogP contribution in [0.1, 0.15) is 13.8 Å². The van der Waals surface area contributed by atoms with Crippen LogP contribution in [-0.4, -0.2) is 40.1 Å². The van der Waals surface area contributed by atoms with E-state index in [-0.39, 0.29) is 12.4 Å². The van der Waals surface area contributed by atoms with E-state index >= 15 is 0 Å². The third-order valence-electron chi connectivity index (χ3n) is 2.54. The van der Waals surface area contributed by atoms with Gasteiger partial charge in [0, 0.05) is 18.5 Å². The molecule has 0 aliphatic heterocycles. The normalized spacial score (nSPS) is 12.5. The molecule has 118 valence electrons. The first-order chi connectivity index (χ1) is 9.86. The number of methoxy groups -OCH3 is 1. The Labute approximate surface area is 124 Å². The van der Waals surface area contributed by atoms with Crippen LogP contribution in [-0.2, 0) is 19.5 Å². The second-order valence-electron chi connectivity index (χ2n) is 4.35. The van der Waals surface area contributed by atoms with Crippen molar-refractivity contribution in [3.8, 4) is 0 Å². The van der Waals surface area contributed by atoms with E-state index in [9.17, 15) is 13.2 Å². The molecule has 0 unspecified atom stereocenters. The second-order valence-corrected chi connectivity index (χ2v) is 6.12. The molecule has 0 aliphatic rings. The van der Waals surface area contributed by atoms with E-state index in [4.69, 9.17) is 9.47 Å². The van der Waals surface area contributed by atoms with Gasteiger partial charge in [0.15, 0.2) is 0 Å². The molecule has 2 N–H and O–H groups in total. The van der Waals surface area contributed by atoms with E-state index in [1.54, 1.807) is 38.1 Å². The van der Waals surface area contributed by atoms with Crippen LogP contribution in [0.3, 0.4) is 0 Å². The number of rotatable bonds is 7. The van der Waals surface area contributed by atoms with E-state index in [0.717, 1.165) is 0 Å². The topological polar surface area (TPSA) is 93.7 Å². The molecular formula is C13H20N2O5S. The van der Waals surface area contributed by atoms with Crippen LogP contribution in [0, 0.1) is 0 Å². The van der Waals surface area contributed by atoms with E-state index < -0.39 is 22.2 Å². The molecule has 0 saturated carbocycles. The van der Waals surface area contributed by atoms with Crippen LogP contribution in [0.15, 0.2) is 24.3 Å². The summed E-state index contributed by atoms with van der Waals surface area (Å²) in [4.78, 5) is 11.2. The molecule has 0 aliphatic carbocycles. The molecule has 1 aromatic carbocycles. The van der Waals surface area contributed by atoms with E-state index in [0.29, 0.717) is 11.4 Å². The fraction of sp³-hybridized carbons (Fsp3) is 0.462. The van der Waals surface area contributed by atoms with Crippen molar-refractivity contribution in [1.29, 1.82) is 0 Å². The summed E-state index contributed by atoms with van der Waals surface area (Å²) in [6, 6.07) is 6.26. The van der Waals surface area contributed by atoms with Crippen LogP contribution in [0.25, 0.3) is 0 Å². The van der Waals surface area contributed by atoms with Crippen molar-refractivity contribution in [3.05, 3.63) is 24.3 Å². The van der Waals surface area contributed by atoms with Gasteiger partial charge in [0.05, 0.1) is 18.5 Å². The van der Waals surface area contributed by atoms with Gasteiger partial charge in [0.25, 0.3) is 0 Å². The summed E-state index contributed by atoms with van der Waals surface area (Å²) in [7, 11) is -2.02. The van der Waals surface area contributed by atoms with Crippen molar-refractivity contribution in [2.75, 3.05) is 29.5 Å². The van der Waals surface area contributed by atoms with Crippen LogP contribution in [0.2, 0.25) is 0 Å². The Kier molecular flexibility index (Phi) is 6.44. The Balaban J connectivity index is 2.64. The zero-order valence-electron chi connectivity index (χ0n) is 12.3. The first-order valence-electron chi connectivity index (χ1n) is 6.43. The summed E-state index contributed by atoms with van der Waals surface area (Å²) >= 11 is 0. The van der Waals surface area contributed by atoms with Crippen LogP contribution >= 0.6 is 0 Å². The van der Waals surface area contributed by atoms with Crippen molar-refractivity contribution in [3.63, 3.8) is 0 Å². The molecule has 0 bridgehead atoms. The summed E-state index contributed by atoms with van der Waals surface area (Å²) in [6.07, 6.45) is -0.952. The first-order valence-corrected chi connectivity index (χ1v) is 8.08. The first kappa shape index (κ1) is 17.3. The molecule has 21 heavy (non-hydrogen) atoms. The zero-order valence-corrected chi connectivity index (χ0v) is 13.1. The van der Waals surface area contributed by atoms with Gasteiger partial charge in [-0.05, 0) is 38.1 Å². The summed E-state index contributed by atoms with van der Waals surface area (Å²) in [5, 5.41) is 2.52. The fourth-order valence-corrected chi connectivity index (χ4v) is 2.84. The second kappa shape index (κ2) is 7.84. The minimum Gasteiger partial charge on any atom is -0.450 e. The SMILES string of the molecule is CCOC(=O)Nc1ccc(NS(=O)(=O)C[C@@H](C)OC)cc1. The van der Waals surface area contributed by atoms with Gasteiger partial charge >= 0.3 is 6.09 Å². The molecule has 0 aromatic heterocycles. The Morgan fingerprint density at radius 3 is 2.33 bits per heavy atom. The summed E-state index contributed by atoms with van der Waals surface area (Å²) in [5.41, 5.74) is 0.925. The molecule has 0 saturated heterocycles. The van der Waals surface area contributed by atoms with Gasteiger partial charge in [-0.15, -0.1) is 0 Å². The highest BCUT2D eigenvalue weighted by Gasteiger charge is 2.15. The van der Waals surface area contributed by atoms with Crippen LogP contribution in [0.5, 0.6) is 0 Å². The smallest absolute Gasteiger partial charge is 0.411 e. The van der Waals surface area contributed by atoms with Gasteiger partial charge in [-0.1, -0.05) is 0 Å². The van der Waals surface area contributed by atoms with Gasteiger partial charge in [0.2, 0.25) is 10.0 Å². The highest BCUT2D eigenvalue weighted by Crippen LogP contribution is 2.15. The maximum atomic E-state index is 11.8. The van der Waals surface area contributed by atoms with E-state index in [2.05, 4.69) is 10.0 Å². The number of amides is 1. The molecule has 7 nitrogen and oxygen atoms in total. The zero-order chi connectivity index (χ0) is 15.9. The van der Waals surface area contributed by atoms with Crippen molar-refractivity contribution in [2.24, 2.45) is 0 Å². The fourth-order valence-electron chi connectivity index (χ4n) is 1.50. The average Bonchev–Trinajstić information content (AvgIpc) is 2.40. The van der Waals surface area contributed by atoms with Gasteiger partial charge in [-0.3, -0.25) is 10.0 Å². The summed E-state index contributed by atoms with van der Waals surface area (Å²) in [5.74, 6) is -0.133. The van der Waals surface area contributed by atoms with E-state index in [1.807, 2.05) is 0 Å². The van der Waals surface area contributed by atoms with Gasteiger partial charge in [0.1, 0.15) is 0 Å². The molecule has 1 rings (SSSR count). The minimum atomic E-state index is -3.48.